The van der Waals surface area contributed by atoms with Gasteiger partial charge in [0.1, 0.15) is 16.7 Å². The van der Waals surface area contributed by atoms with Gasteiger partial charge in [-0.2, -0.15) is 5.10 Å². The van der Waals surface area contributed by atoms with E-state index in [9.17, 15) is 4.79 Å². The molecule has 7 heteroatoms. The van der Waals surface area contributed by atoms with E-state index in [1.807, 2.05) is 13.8 Å². The van der Waals surface area contributed by atoms with Crippen molar-refractivity contribution in [1.82, 2.24) is 19.7 Å². The van der Waals surface area contributed by atoms with E-state index in [2.05, 4.69) is 36.3 Å². The molecule has 2 aromatic heterocycles. The van der Waals surface area contributed by atoms with Crippen molar-refractivity contribution in [3.05, 3.63) is 10.9 Å². The van der Waals surface area contributed by atoms with Gasteiger partial charge in [0.2, 0.25) is 5.91 Å². The van der Waals surface area contributed by atoms with Crippen molar-refractivity contribution in [3.8, 4) is 0 Å². The molecule has 0 unspecified atom stereocenters. The van der Waals surface area contributed by atoms with Crippen molar-refractivity contribution in [1.29, 1.82) is 0 Å². The number of hydrogen-bond acceptors (Lipinski definition) is 4. The van der Waals surface area contributed by atoms with Gasteiger partial charge in [-0.1, -0.05) is 0 Å². The molecule has 0 saturated heterocycles. The zero-order valence-corrected chi connectivity index (χ0v) is 11.3. The van der Waals surface area contributed by atoms with Crippen LogP contribution in [-0.4, -0.2) is 25.7 Å². The molecule has 0 atom stereocenters. The van der Waals surface area contributed by atoms with Crippen LogP contribution in [0.2, 0.25) is 0 Å². The molecule has 0 aliphatic carbocycles. The summed E-state index contributed by atoms with van der Waals surface area (Å²) in [5.41, 5.74) is 0.700. The Morgan fingerprint density at radius 1 is 1.47 bits per heavy atom. The van der Waals surface area contributed by atoms with E-state index in [0.29, 0.717) is 16.1 Å². The fourth-order valence-electron chi connectivity index (χ4n) is 1.55. The molecule has 0 spiro atoms. The Balaban J connectivity index is 2.68. The number of nitrogens with one attached hydrogen (secondary N) is 1. The summed E-state index contributed by atoms with van der Waals surface area (Å²) in [6.45, 7) is 5.47. The third-order valence-electron chi connectivity index (χ3n) is 2.23. The quantitative estimate of drug-likeness (QED) is 0.921. The second-order valence-corrected chi connectivity index (χ2v) is 4.68. The topological polar surface area (TPSA) is 72.7 Å². The minimum atomic E-state index is -0.172. The van der Waals surface area contributed by atoms with Crippen molar-refractivity contribution in [2.75, 3.05) is 5.32 Å². The molecule has 0 radical (unpaired) electrons. The number of amides is 1. The molecule has 0 bridgehead atoms. The third kappa shape index (κ3) is 2.14. The number of carbonyl (C=O) groups is 1. The fourth-order valence-corrected chi connectivity index (χ4v) is 2.09. The summed E-state index contributed by atoms with van der Waals surface area (Å²) in [6.07, 6.45) is 1.42. The first-order valence-electron chi connectivity index (χ1n) is 5.17. The average Bonchev–Trinajstić information content (AvgIpc) is 2.56. The van der Waals surface area contributed by atoms with E-state index in [0.717, 1.165) is 5.39 Å². The maximum atomic E-state index is 11.1. The number of aromatic nitrogens is 4. The lowest BCUT2D eigenvalue weighted by Gasteiger charge is -2.06. The Bertz CT molecular complexity index is 577. The van der Waals surface area contributed by atoms with Crippen LogP contribution in [0.1, 0.15) is 26.8 Å². The zero-order valence-electron chi connectivity index (χ0n) is 9.73. The van der Waals surface area contributed by atoms with Gasteiger partial charge in [0.15, 0.2) is 5.65 Å². The normalized spacial score (nSPS) is 11.1. The summed E-state index contributed by atoms with van der Waals surface area (Å²) in [5.74, 6) is 0.301. The SMILES string of the molecule is CC(=O)Nc1ncnc2c1c(Br)nn2C(C)C. The van der Waals surface area contributed by atoms with E-state index >= 15 is 0 Å². The van der Waals surface area contributed by atoms with Crippen molar-refractivity contribution < 1.29 is 4.79 Å². The number of carbonyl (C=O) groups excluding carboxylic acids is 1. The minimum absolute atomic E-state index is 0.172. The summed E-state index contributed by atoms with van der Waals surface area (Å²) in [7, 11) is 0. The minimum Gasteiger partial charge on any atom is -0.310 e. The number of fused-ring (bicyclic) bond motifs is 1. The second kappa shape index (κ2) is 4.40. The lowest BCUT2D eigenvalue weighted by Crippen LogP contribution is -2.08. The van der Waals surface area contributed by atoms with Gasteiger partial charge in [-0.15, -0.1) is 0 Å². The summed E-state index contributed by atoms with van der Waals surface area (Å²) < 4.78 is 2.41. The largest absolute Gasteiger partial charge is 0.310 e. The molecule has 2 heterocycles. The molecule has 2 aromatic rings. The van der Waals surface area contributed by atoms with Gasteiger partial charge in [0.25, 0.3) is 0 Å². The molecule has 0 saturated carbocycles. The lowest BCUT2D eigenvalue weighted by molar-refractivity contribution is -0.114. The summed E-state index contributed by atoms with van der Waals surface area (Å²) in [6, 6.07) is 0.184. The van der Waals surface area contributed by atoms with E-state index in [-0.39, 0.29) is 11.9 Å². The molecule has 90 valence electrons. The number of hydrogen-bond donors (Lipinski definition) is 1. The Labute approximate surface area is 107 Å². The molecule has 1 N–H and O–H groups in total. The van der Waals surface area contributed by atoms with E-state index in [1.165, 1.54) is 13.3 Å². The van der Waals surface area contributed by atoms with Crippen LogP contribution in [0.4, 0.5) is 5.82 Å². The highest BCUT2D eigenvalue weighted by Gasteiger charge is 2.16. The van der Waals surface area contributed by atoms with E-state index in [1.54, 1.807) is 4.68 Å². The van der Waals surface area contributed by atoms with Crippen LogP contribution in [0.15, 0.2) is 10.9 Å². The maximum Gasteiger partial charge on any atom is 0.222 e. The average molecular weight is 298 g/mol. The molecule has 0 aromatic carbocycles. The third-order valence-corrected chi connectivity index (χ3v) is 2.78. The molecule has 17 heavy (non-hydrogen) atoms. The second-order valence-electron chi connectivity index (χ2n) is 3.93. The maximum absolute atomic E-state index is 11.1. The van der Waals surface area contributed by atoms with Gasteiger partial charge in [-0.3, -0.25) is 4.79 Å². The van der Waals surface area contributed by atoms with Crippen molar-refractivity contribution >= 4 is 38.7 Å². The van der Waals surface area contributed by atoms with Gasteiger partial charge in [-0.05, 0) is 29.8 Å². The van der Waals surface area contributed by atoms with Crippen LogP contribution in [0.5, 0.6) is 0 Å². The summed E-state index contributed by atoms with van der Waals surface area (Å²) >= 11 is 3.36. The predicted molar refractivity (Wildman–Crippen MR) is 67.7 cm³/mol. The Hall–Kier alpha value is -1.50. The van der Waals surface area contributed by atoms with Gasteiger partial charge >= 0.3 is 0 Å². The van der Waals surface area contributed by atoms with Crippen molar-refractivity contribution in [2.45, 2.75) is 26.8 Å². The number of halogens is 1. The zero-order chi connectivity index (χ0) is 12.6. The standard InChI is InChI=1S/C10H12BrN5O/c1-5(2)16-10-7(8(11)15-16)9(12-4-13-10)14-6(3)17/h4-5H,1-3H3,(H,12,13,14,17). The molecule has 1 amide bonds. The summed E-state index contributed by atoms with van der Waals surface area (Å²) in [4.78, 5) is 19.3. The Morgan fingerprint density at radius 2 is 2.18 bits per heavy atom. The predicted octanol–water partition coefficient (Wildman–Crippen LogP) is 2.13. The smallest absolute Gasteiger partial charge is 0.222 e. The van der Waals surface area contributed by atoms with Gasteiger partial charge in [-0.25, -0.2) is 14.6 Å². The Kier molecular flexibility index (Phi) is 3.10. The monoisotopic (exact) mass is 297 g/mol. The molecular formula is C10H12BrN5O. The first-order valence-corrected chi connectivity index (χ1v) is 5.96. The fraction of sp³-hybridized carbons (Fsp3) is 0.400. The van der Waals surface area contributed by atoms with Crippen LogP contribution in [-0.2, 0) is 4.79 Å². The summed E-state index contributed by atoms with van der Waals surface area (Å²) in [5, 5.41) is 7.72. The van der Waals surface area contributed by atoms with E-state index < -0.39 is 0 Å². The molecule has 6 nitrogen and oxygen atoms in total. The van der Waals surface area contributed by atoms with Crippen LogP contribution < -0.4 is 5.32 Å². The van der Waals surface area contributed by atoms with Gasteiger partial charge in [0.05, 0.1) is 5.39 Å². The first kappa shape index (κ1) is 12.0. The van der Waals surface area contributed by atoms with Gasteiger partial charge in [0, 0.05) is 13.0 Å². The molecular weight excluding hydrogens is 286 g/mol. The highest BCUT2D eigenvalue weighted by Crippen LogP contribution is 2.28. The van der Waals surface area contributed by atoms with Crippen LogP contribution >= 0.6 is 15.9 Å². The highest BCUT2D eigenvalue weighted by molar-refractivity contribution is 9.10. The van der Waals surface area contributed by atoms with Crippen LogP contribution in [0.3, 0.4) is 0 Å². The highest BCUT2D eigenvalue weighted by atomic mass is 79.9. The van der Waals surface area contributed by atoms with Crippen molar-refractivity contribution in [3.63, 3.8) is 0 Å². The van der Waals surface area contributed by atoms with Crippen LogP contribution in [0.25, 0.3) is 11.0 Å². The lowest BCUT2D eigenvalue weighted by atomic mass is 10.3. The van der Waals surface area contributed by atoms with Crippen LogP contribution in [0, 0.1) is 0 Å². The number of nitrogens with zero attached hydrogens (tertiary/aromatic N) is 4. The molecule has 0 aliphatic rings. The van der Waals surface area contributed by atoms with Gasteiger partial charge < -0.3 is 5.32 Å². The number of anilines is 1. The van der Waals surface area contributed by atoms with Crippen molar-refractivity contribution in [2.24, 2.45) is 0 Å². The van der Waals surface area contributed by atoms with E-state index in [4.69, 9.17) is 0 Å². The Morgan fingerprint density at radius 3 is 2.76 bits per heavy atom. The number of rotatable bonds is 2. The molecule has 2 rings (SSSR count). The molecule has 0 aliphatic heterocycles. The first-order chi connectivity index (χ1) is 8.00. The molecule has 0 fully saturated rings.